The Morgan fingerprint density at radius 3 is 3.11 bits per heavy atom. The minimum Gasteiger partial charge on any atom is -0.367 e. The molecule has 0 bridgehead atoms. The number of hydrogen-bond donors (Lipinski definition) is 0. The number of carbonyl (C=O) groups excluding carboxylic acids is 1. The molecular weight excluding hydrogens is 262 g/mol. The second-order valence-corrected chi connectivity index (χ2v) is 5.85. The molecule has 0 N–H and O–H groups in total. The van der Waals surface area contributed by atoms with E-state index in [1.807, 2.05) is 19.1 Å². The van der Waals surface area contributed by atoms with Crippen LogP contribution in [0.4, 0.5) is 0 Å². The number of ketones is 1. The number of benzene rings is 1. The fourth-order valence-electron chi connectivity index (χ4n) is 2.91. The Kier molecular flexibility index (Phi) is 3.61. The van der Waals surface area contributed by atoms with Crippen LogP contribution in [0.25, 0.3) is 0 Å². The van der Waals surface area contributed by atoms with E-state index >= 15 is 0 Å². The number of aryl methyl sites for hydroxylation is 1. The standard InChI is InChI=1S/C15H18ClNO2/c1-10-4-5-11(7-13(10)16)15(18)14-8-17-6-2-3-12(17)9-19-14/h4-5,7,12,14H,2-3,6,8-9H2,1H3. The lowest BCUT2D eigenvalue weighted by molar-refractivity contribution is -0.0344. The van der Waals surface area contributed by atoms with Crippen LogP contribution in [0.1, 0.15) is 28.8 Å². The first-order chi connectivity index (χ1) is 9.15. The zero-order valence-corrected chi connectivity index (χ0v) is 11.8. The van der Waals surface area contributed by atoms with Crippen LogP contribution in [0.15, 0.2) is 18.2 Å². The molecule has 0 amide bonds. The first-order valence-electron chi connectivity index (χ1n) is 6.81. The largest absolute Gasteiger partial charge is 0.367 e. The summed E-state index contributed by atoms with van der Waals surface area (Å²) in [5, 5.41) is 0.640. The van der Waals surface area contributed by atoms with Gasteiger partial charge in [-0.2, -0.15) is 0 Å². The van der Waals surface area contributed by atoms with Crippen LogP contribution in [0.2, 0.25) is 5.02 Å². The van der Waals surface area contributed by atoms with Crippen LogP contribution >= 0.6 is 11.6 Å². The van der Waals surface area contributed by atoms with Gasteiger partial charge in [-0.1, -0.05) is 23.7 Å². The summed E-state index contributed by atoms with van der Waals surface area (Å²) in [4.78, 5) is 14.8. The van der Waals surface area contributed by atoms with Crippen molar-refractivity contribution in [3.05, 3.63) is 34.3 Å². The maximum atomic E-state index is 12.4. The number of rotatable bonds is 2. The fourth-order valence-corrected chi connectivity index (χ4v) is 3.09. The summed E-state index contributed by atoms with van der Waals surface area (Å²) in [5.74, 6) is 0.0484. The van der Waals surface area contributed by atoms with E-state index in [9.17, 15) is 4.79 Å². The molecule has 4 heteroatoms. The van der Waals surface area contributed by atoms with Gasteiger partial charge in [0.25, 0.3) is 0 Å². The smallest absolute Gasteiger partial charge is 0.192 e. The minimum atomic E-state index is -0.340. The molecule has 0 aromatic heterocycles. The highest BCUT2D eigenvalue weighted by Gasteiger charge is 2.35. The summed E-state index contributed by atoms with van der Waals surface area (Å²) < 4.78 is 5.74. The summed E-state index contributed by atoms with van der Waals surface area (Å²) in [6.45, 7) is 4.42. The van der Waals surface area contributed by atoms with Crippen molar-refractivity contribution in [2.24, 2.45) is 0 Å². The van der Waals surface area contributed by atoms with E-state index in [1.54, 1.807) is 6.07 Å². The molecule has 0 radical (unpaired) electrons. The van der Waals surface area contributed by atoms with Gasteiger partial charge < -0.3 is 4.74 Å². The lowest BCUT2D eigenvalue weighted by Gasteiger charge is -2.34. The highest BCUT2D eigenvalue weighted by atomic mass is 35.5. The molecule has 0 spiro atoms. The van der Waals surface area contributed by atoms with E-state index in [-0.39, 0.29) is 11.9 Å². The summed E-state index contributed by atoms with van der Waals surface area (Å²) >= 11 is 6.08. The molecule has 0 aliphatic carbocycles. The minimum absolute atomic E-state index is 0.0484. The zero-order chi connectivity index (χ0) is 13.4. The van der Waals surface area contributed by atoms with Crippen molar-refractivity contribution in [1.29, 1.82) is 0 Å². The van der Waals surface area contributed by atoms with Gasteiger partial charge in [-0.15, -0.1) is 0 Å². The predicted molar refractivity (Wildman–Crippen MR) is 74.9 cm³/mol. The maximum Gasteiger partial charge on any atom is 0.192 e. The Labute approximate surface area is 118 Å². The van der Waals surface area contributed by atoms with Gasteiger partial charge in [0.1, 0.15) is 6.10 Å². The van der Waals surface area contributed by atoms with Crippen molar-refractivity contribution >= 4 is 17.4 Å². The molecule has 2 aliphatic rings. The van der Waals surface area contributed by atoms with Gasteiger partial charge in [-0.3, -0.25) is 9.69 Å². The SMILES string of the molecule is Cc1ccc(C(=O)C2CN3CCCC3CO2)cc1Cl. The molecule has 3 rings (SSSR count). The molecule has 2 atom stereocenters. The van der Waals surface area contributed by atoms with Gasteiger partial charge in [0.2, 0.25) is 0 Å². The van der Waals surface area contributed by atoms with Gasteiger partial charge in [0, 0.05) is 23.2 Å². The summed E-state index contributed by atoms with van der Waals surface area (Å²) in [5.41, 5.74) is 1.64. The number of ether oxygens (including phenoxy) is 1. The van der Waals surface area contributed by atoms with Crippen molar-refractivity contribution in [2.45, 2.75) is 31.9 Å². The van der Waals surface area contributed by atoms with Crippen LogP contribution in [-0.2, 0) is 4.74 Å². The molecule has 102 valence electrons. The van der Waals surface area contributed by atoms with Crippen molar-refractivity contribution in [2.75, 3.05) is 19.7 Å². The molecule has 1 aromatic carbocycles. The molecule has 2 heterocycles. The highest BCUT2D eigenvalue weighted by molar-refractivity contribution is 6.31. The third kappa shape index (κ3) is 2.55. The van der Waals surface area contributed by atoms with Crippen LogP contribution < -0.4 is 0 Å². The number of morpholine rings is 1. The fraction of sp³-hybridized carbons (Fsp3) is 0.533. The predicted octanol–water partition coefficient (Wildman–Crippen LogP) is 2.69. The van der Waals surface area contributed by atoms with Crippen molar-refractivity contribution in [3.8, 4) is 0 Å². The first-order valence-corrected chi connectivity index (χ1v) is 7.19. The third-order valence-corrected chi connectivity index (χ3v) is 4.55. The molecule has 3 nitrogen and oxygen atoms in total. The first kappa shape index (κ1) is 13.1. The Morgan fingerprint density at radius 1 is 1.47 bits per heavy atom. The van der Waals surface area contributed by atoms with Crippen LogP contribution in [0.3, 0.4) is 0 Å². The summed E-state index contributed by atoms with van der Waals surface area (Å²) in [7, 11) is 0. The normalized spacial score (nSPS) is 27.3. The van der Waals surface area contributed by atoms with Crippen molar-refractivity contribution in [3.63, 3.8) is 0 Å². The quantitative estimate of drug-likeness (QED) is 0.780. The Morgan fingerprint density at radius 2 is 2.32 bits per heavy atom. The van der Waals surface area contributed by atoms with Crippen LogP contribution in [0, 0.1) is 6.92 Å². The monoisotopic (exact) mass is 279 g/mol. The number of Topliss-reactive ketones (excluding diaryl/α,β-unsaturated/α-hetero) is 1. The van der Waals surface area contributed by atoms with E-state index in [0.717, 1.165) is 18.7 Å². The topological polar surface area (TPSA) is 29.5 Å². The Hall–Kier alpha value is -0.900. The second kappa shape index (κ2) is 5.23. The Bertz CT molecular complexity index is 503. The molecule has 19 heavy (non-hydrogen) atoms. The van der Waals surface area contributed by atoms with E-state index in [4.69, 9.17) is 16.3 Å². The molecule has 0 saturated carbocycles. The lowest BCUT2D eigenvalue weighted by Crippen LogP contribution is -2.49. The third-order valence-electron chi connectivity index (χ3n) is 4.14. The molecule has 2 fully saturated rings. The average molecular weight is 280 g/mol. The maximum absolute atomic E-state index is 12.4. The highest BCUT2D eigenvalue weighted by Crippen LogP contribution is 2.25. The lowest BCUT2D eigenvalue weighted by atomic mass is 10.0. The van der Waals surface area contributed by atoms with E-state index in [0.29, 0.717) is 23.2 Å². The van der Waals surface area contributed by atoms with Gasteiger partial charge in [-0.25, -0.2) is 0 Å². The molecule has 2 unspecified atom stereocenters. The summed E-state index contributed by atoms with van der Waals surface area (Å²) in [6, 6.07) is 5.99. The number of halogens is 1. The van der Waals surface area contributed by atoms with Gasteiger partial charge >= 0.3 is 0 Å². The molecule has 1 aromatic rings. The number of fused-ring (bicyclic) bond motifs is 1. The van der Waals surface area contributed by atoms with Gasteiger partial charge in [-0.05, 0) is 37.9 Å². The van der Waals surface area contributed by atoms with E-state index < -0.39 is 0 Å². The average Bonchev–Trinajstić information content (AvgIpc) is 2.88. The zero-order valence-electron chi connectivity index (χ0n) is 11.1. The summed E-state index contributed by atoms with van der Waals surface area (Å²) in [6.07, 6.45) is 2.07. The van der Waals surface area contributed by atoms with Crippen molar-refractivity contribution in [1.82, 2.24) is 4.90 Å². The van der Waals surface area contributed by atoms with E-state index in [1.165, 1.54) is 12.8 Å². The molecular formula is C15H18ClNO2. The van der Waals surface area contributed by atoms with Gasteiger partial charge in [0.05, 0.1) is 6.61 Å². The van der Waals surface area contributed by atoms with Crippen LogP contribution in [0.5, 0.6) is 0 Å². The number of carbonyl (C=O) groups is 1. The Balaban J connectivity index is 1.74. The molecule has 2 aliphatic heterocycles. The number of nitrogens with zero attached hydrogens (tertiary/aromatic N) is 1. The van der Waals surface area contributed by atoms with Crippen LogP contribution in [-0.4, -0.2) is 42.5 Å². The van der Waals surface area contributed by atoms with E-state index in [2.05, 4.69) is 4.90 Å². The van der Waals surface area contributed by atoms with Gasteiger partial charge in [0.15, 0.2) is 5.78 Å². The van der Waals surface area contributed by atoms with Crippen molar-refractivity contribution < 1.29 is 9.53 Å². The second-order valence-electron chi connectivity index (χ2n) is 5.44. The molecule has 2 saturated heterocycles. The number of hydrogen-bond acceptors (Lipinski definition) is 3.